The Hall–Kier alpha value is -2.29. The molecule has 0 aliphatic heterocycles. The molecule has 1 amide bonds. The molecule has 0 heterocycles. The molecule has 23 heavy (non-hydrogen) atoms. The number of benzene rings is 2. The van der Waals surface area contributed by atoms with E-state index in [2.05, 4.69) is 5.32 Å². The summed E-state index contributed by atoms with van der Waals surface area (Å²) < 4.78 is 5.72. The van der Waals surface area contributed by atoms with Crippen molar-refractivity contribution in [2.45, 2.75) is 40.3 Å². The highest BCUT2D eigenvalue weighted by molar-refractivity contribution is 5.81. The molecule has 3 heteroatoms. The lowest BCUT2D eigenvalue weighted by Crippen LogP contribution is -2.35. The number of nitrogens with one attached hydrogen (secondary N) is 1. The molecule has 122 valence electrons. The van der Waals surface area contributed by atoms with Crippen LogP contribution in [-0.4, -0.2) is 5.91 Å². The van der Waals surface area contributed by atoms with Gasteiger partial charge in [-0.1, -0.05) is 63.2 Å². The highest BCUT2D eigenvalue weighted by Gasteiger charge is 2.24. The number of amides is 1. The van der Waals surface area contributed by atoms with Gasteiger partial charge < -0.3 is 10.1 Å². The molecule has 0 spiro atoms. The Bertz CT molecular complexity index is 618. The van der Waals surface area contributed by atoms with E-state index in [1.165, 1.54) is 0 Å². The number of rotatable bonds is 7. The fraction of sp³-hybridized carbons (Fsp3) is 0.350. The van der Waals surface area contributed by atoms with Gasteiger partial charge in [-0.3, -0.25) is 4.79 Å². The summed E-state index contributed by atoms with van der Waals surface area (Å²) in [6.45, 7) is 7.06. The summed E-state index contributed by atoms with van der Waals surface area (Å²) in [6.07, 6.45) is 0.828. The molecule has 2 aromatic rings. The van der Waals surface area contributed by atoms with Crippen molar-refractivity contribution in [3.8, 4) is 5.75 Å². The third-order valence-electron chi connectivity index (χ3n) is 4.12. The molecular formula is C20H25NO2. The van der Waals surface area contributed by atoms with Crippen LogP contribution in [0.5, 0.6) is 5.75 Å². The van der Waals surface area contributed by atoms with Gasteiger partial charge in [0, 0.05) is 12.0 Å². The van der Waals surface area contributed by atoms with Crippen LogP contribution >= 0.6 is 0 Å². The van der Waals surface area contributed by atoms with E-state index in [0.29, 0.717) is 13.2 Å². The molecule has 2 aromatic carbocycles. The van der Waals surface area contributed by atoms with Crippen LogP contribution in [0.2, 0.25) is 0 Å². The fourth-order valence-corrected chi connectivity index (χ4v) is 2.02. The van der Waals surface area contributed by atoms with Gasteiger partial charge in [-0.2, -0.15) is 0 Å². The van der Waals surface area contributed by atoms with E-state index in [1.807, 2.05) is 75.4 Å². The zero-order valence-electron chi connectivity index (χ0n) is 14.1. The van der Waals surface area contributed by atoms with Crippen LogP contribution in [0.25, 0.3) is 0 Å². The van der Waals surface area contributed by atoms with Gasteiger partial charge in [0.25, 0.3) is 0 Å². The van der Waals surface area contributed by atoms with E-state index in [-0.39, 0.29) is 11.3 Å². The summed E-state index contributed by atoms with van der Waals surface area (Å²) in [7, 11) is 0. The Morgan fingerprint density at radius 2 is 1.61 bits per heavy atom. The quantitative estimate of drug-likeness (QED) is 0.827. The van der Waals surface area contributed by atoms with Crippen molar-refractivity contribution in [3.05, 3.63) is 65.7 Å². The maximum atomic E-state index is 12.1. The second-order valence-electron chi connectivity index (χ2n) is 6.34. The average Bonchev–Trinajstić information content (AvgIpc) is 2.59. The first kappa shape index (κ1) is 17.1. The molecule has 0 aliphatic carbocycles. The van der Waals surface area contributed by atoms with Crippen molar-refractivity contribution in [2.24, 2.45) is 5.41 Å². The second kappa shape index (κ2) is 7.82. The average molecular weight is 311 g/mol. The lowest BCUT2D eigenvalue weighted by atomic mass is 9.89. The van der Waals surface area contributed by atoms with Crippen LogP contribution in [-0.2, 0) is 17.9 Å². The minimum atomic E-state index is -0.316. The summed E-state index contributed by atoms with van der Waals surface area (Å²) in [4.78, 5) is 12.1. The first-order chi connectivity index (χ1) is 11.0. The third-order valence-corrected chi connectivity index (χ3v) is 4.12. The fourth-order valence-electron chi connectivity index (χ4n) is 2.02. The normalized spacial score (nSPS) is 11.1. The van der Waals surface area contributed by atoms with Crippen LogP contribution in [0.1, 0.15) is 38.3 Å². The van der Waals surface area contributed by atoms with E-state index >= 15 is 0 Å². The van der Waals surface area contributed by atoms with Gasteiger partial charge in [-0.25, -0.2) is 0 Å². The van der Waals surface area contributed by atoms with Gasteiger partial charge in [-0.15, -0.1) is 0 Å². The number of carbonyl (C=O) groups is 1. The van der Waals surface area contributed by atoms with Crippen LogP contribution in [0, 0.1) is 5.41 Å². The number of para-hydroxylation sites is 1. The zero-order valence-corrected chi connectivity index (χ0v) is 14.1. The molecule has 0 saturated heterocycles. The van der Waals surface area contributed by atoms with E-state index in [9.17, 15) is 4.79 Å². The van der Waals surface area contributed by atoms with Crippen LogP contribution in [0.15, 0.2) is 54.6 Å². The van der Waals surface area contributed by atoms with Crippen LogP contribution < -0.4 is 10.1 Å². The zero-order chi connectivity index (χ0) is 16.7. The highest BCUT2D eigenvalue weighted by atomic mass is 16.5. The first-order valence-corrected chi connectivity index (χ1v) is 8.05. The molecule has 1 N–H and O–H groups in total. The van der Waals surface area contributed by atoms with E-state index < -0.39 is 0 Å². The minimum absolute atomic E-state index is 0.0940. The van der Waals surface area contributed by atoms with Crippen molar-refractivity contribution in [3.63, 3.8) is 0 Å². The molecule has 0 saturated carbocycles. The van der Waals surface area contributed by atoms with Crippen molar-refractivity contribution in [2.75, 3.05) is 0 Å². The number of ether oxygens (including phenoxy) is 1. The lowest BCUT2D eigenvalue weighted by Gasteiger charge is -2.21. The summed E-state index contributed by atoms with van der Waals surface area (Å²) >= 11 is 0. The molecule has 2 rings (SSSR count). The summed E-state index contributed by atoms with van der Waals surface area (Å²) in [5.41, 5.74) is 1.88. The van der Waals surface area contributed by atoms with Crippen molar-refractivity contribution in [1.82, 2.24) is 5.32 Å². The van der Waals surface area contributed by atoms with Gasteiger partial charge in [0.05, 0.1) is 0 Å². The van der Waals surface area contributed by atoms with Crippen molar-refractivity contribution in [1.29, 1.82) is 0 Å². The Kier molecular flexibility index (Phi) is 5.80. The SMILES string of the molecule is CCC(C)(C)C(=O)NCc1ccc(COc2ccccc2)cc1. The summed E-state index contributed by atoms with van der Waals surface area (Å²) in [5.74, 6) is 0.960. The Morgan fingerprint density at radius 1 is 1.00 bits per heavy atom. The number of hydrogen-bond donors (Lipinski definition) is 1. The smallest absolute Gasteiger partial charge is 0.225 e. The van der Waals surface area contributed by atoms with Gasteiger partial charge in [0.1, 0.15) is 12.4 Å². The van der Waals surface area contributed by atoms with Crippen molar-refractivity contribution < 1.29 is 9.53 Å². The second-order valence-corrected chi connectivity index (χ2v) is 6.34. The standard InChI is InChI=1S/C20H25NO2/c1-4-20(2,3)19(22)21-14-16-10-12-17(13-11-16)15-23-18-8-6-5-7-9-18/h5-13H,4,14-15H2,1-3H3,(H,21,22). The predicted octanol–water partition coefficient (Wildman–Crippen LogP) is 4.32. The maximum Gasteiger partial charge on any atom is 0.225 e. The minimum Gasteiger partial charge on any atom is -0.489 e. The van der Waals surface area contributed by atoms with Crippen LogP contribution in [0.4, 0.5) is 0 Å². The van der Waals surface area contributed by atoms with Gasteiger partial charge in [0.15, 0.2) is 0 Å². The van der Waals surface area contributed by atoms with Crippen molar-refractivity contribution >= 4 is 5.91 Å². The van der Waals surface area contributed by atoms with E-state index in [4.69, 9.17) is 4.74 Å². The Labute approximate surface area is 138 Å². The number of hydrogen-bond acceptors (Lipinski definition) is 2. The molecule has 0 radical (unpaired) electrons. The number of carbonyl (C=O) groups excluding carboxylic acids is 1. The molecule has 0 aliphatic rings. The monoisotopic (exact) mass is 311 g/mol. The highest BCUT2D eigenvalue weighted by Crippen LogP contribution is 2.19. The lowest BCUT2D eigenvalue weighted by molar-refractivity contribution is -0.129. The van der Waals surface area contributed by atoms with E-state index in [0.717, 1.165) is 23.3 Å². The van der Waals surface area contributed by atoms with Gasteiger partial charge in [-0.05, 0) is 29.7 Å². The van der Waals surface area contributed by atoms with Gasteiger partial charge >= 0.3 is 0 Å². The first-order valence-electron chi connectivity index (χ1n) is 8.05. The molecule has 0 atom stereocenters. The maximum absolute atomic E-state index is 12.1. The predicted molar refractivity (Wildman–Crippen MR) is 93.1 cm³/mol. The molecule has 0 bridgehead atoms. The largest absolute Gasteiger partial charge is 0.489 e. The summed E-state index contributed by atoms with van der Waals surface area (Å²) in [6, 6.07) is 17.9. The molecule has 3 nitrogen and oxygen atoms in total. The van der Waals surface area contributed by atoms with Crippen LogP contribution in [0.3, 0.4) is 0 Å². The van der Waals surface area contributed by atoms with Gasteiger partial charge in [0.2, 0.25) is 5.91 Å². The molecule has 0 unspecified atom stereocenters. The Balaban J connectivity index is 1.84. The Morgan fingerprint density at radius 3 is 2.22 bits per heavy atom. The summed E-state index contributed by atoms with van der Waals surface area (Å²) in [5, 5.41) is 3.00. The van der Waals surface area contributed by atoms with E-state index in [1.54, 1.807) is 0 Å². The topological polar surface area (TPSA) is 38.3 Å². The molecule has 0 aromatic heterocycles. The third kappa shape index (κ3) is 5.13. The molecular weight excluding hydrogens is 286 g/mol. The molecule has 0 fully saturated rings.